The smallest absolute Gasteiger partial charge is 0.239 e. The van der Waals surface area contributed by atoms with Crippen molar-refractivity contribution in [3.63, 3.8) is 0 Å². The Labute approximate surface area is 128 Å². The molecule has 2 rings (SSSR count). The van der Waals surface area contributed by atoms with Crippen LogP contribution in [0.2, 0.25) is 0 Å². The van der Waals surface area contributed by atoms with E-state index in [-0.39, 0.29) is 11.7 Å². The molecule has 21 heavy (non-hydrogen) atoms. The Morgan fingerprint density at radius 2 is 2.05 bits per heavy atom. The van der Waals surface area contributed by atoms with Gasteiger partial charge in [0.25, 0.3) is 0 Å². The molecular formula is C16H20N2O2S. The summed E-state index contributed by atoms with van der Waals surface area (Å²) < 4.78 is 0. The van der Waals surface area contributed by atoms with Crippen molar-refractivity contribution in [2.45, 2.75) is 18.9 Å². The van der Waals surface area contributed by atoms with Crippen LogP contribution in [0.4, 0.5) is 0 Å². The van der Waals surface area contributed by atoms with E-state index in [4.69, 9.17) is 5.73 Å². The minimum atomic E-state index is -0.553. The zero-order chi connectivity index (χ0) is 15.2. The number of carbonyl (C=O) groups is 1. The second kappa shape index (κ2) is 7.24. The molecule has 0 aliphatic carbocycles. The number of benzene rings is 1. The molecule has 1 unspecified atom stereocenters. The number of thiophene rings is 1. The summed E-state index contributed by atoms with van der Waals surface area (Å²) in [6.45, 7) is 0.669. The van der Waals surface area contributed by atoms with Gasteiger partial charge in [-0.25, -0.2) is 0 Å². The standard InChI is InChI=1S/C16H20N2O2S/c1-18(9-8-14-3-2-10-21-14)16(20)15(17)11-12-4-6-13(19)7-5-12/h2-7,10,15,19H,8-9,11,17H2,1H3. The zero-order valence-electron chi connectivity index (χ0n) is 12.0. The van der Waals surface area contributed by atoms with Crippen LogP contribution < -0.4 is 5.73 Å². The van der Waals surface area contributed by atoms with E-state index >= 15 is 0 Å². The first-order valence-electron chi connectivity index (χ1n) is 6.87. The van der Waals surface area contributed by atoms with E-state index < -0.39 is 6.04 Å². The van der Waals surface area contributed by atoms with Gasteiger partial charge in [0.1, 0.15) is 5.75 Å². The van der Waals surface area contributed by atoms with E-state index in [1.165, 1.54) is 4.88 Å². The number of carbonyl (C=O) groups excluding carboxylic acids is 1. The maximum atomic E-state index is 12.2. The van der Waals surface area contributed by atoms with E-state index in [9.17, 15) is 9.90 Å². The largest absolute Gasteiger partial charge is 0.508 e. The molecular weight excluding hydrogens is 284 g/mol. The molecule has 0 bridgehead atoms. The number of nitrogens with zero attached hydrogens (tertiary/aromatic N) is 1. The maximum absolute atomic E-state index is 12.2. The SMILES string of the molecule is CN(CCc1cccs1)C(=O)C(N)Cc1ccc(O)cc1. The van der Waals surface area contributed by atoms with Gasteiger partial charge in [0.05, 0.1) is 6.04 Å². The molecule has 1 atom stereocenters. The molecule has 1 amide bonds. The highest BCUT2D eigenvalue weighted by Crippen LogP contribution is 2.12. The summed E-state index contributed by atoms with van der Waals surface area (Å²) in [5, 5.41) is 11.3. The molecule has 0 fully saturated rings. The summed E-state index contributed by atoms with van der Waals surface area (Å²) in [7, 11) is 1.78. The van der Waals surface area contributed by atoms with Crippen LogP contribution in [0, 0.1) is 0 Å². The van der Waals surface area contributed by atoms with Crippen LogP contribution in [0.1, 0.15) is 10.4 Å². The third-order valence-corrected chi connectivity index (χ3v) is 4.30. The van der Waals surface area contributed by atoms with Gasteiger partial charge in [-0.05, 0) is 42.0 Å². The summed E-state index contributed by atoms with van der Waals surface area (Å²) in [5.74, 6) is 0.159. The van der Waals surface area contributed by atoms with Crippen molar-refractivity contribution in [3.05, 3.63) is 52.2 Å². The normalized spacial score (nSPS) is 12.1. The number of aromatic hydroxyl groups is 1. The zero-order valence-corrected chi connectivity index (χ0v) is 12.8. The topological polar surface area (TPSA) is 66.6 Å². The number of amides is 1. The fourth-order valence-electron chi connectivity index (χ4n) is 2.10. The predicted octanol–water partition coefficient (Wildman–Crippen LogP) is 2.02. The number of rotatable bonds is 6. The first-order chi connectivity index (χ1) is 10.1. The monoisotopic (exact) mass is 304 g/mol. The minimum Gasteiger partial charge on any atom is -0.508 e. The number of likely N-dealkylation sites (N-methyl/N-ethyl adjacent to an activating group) is 1. The molecule has 0 aliphatic heterocycles. The van der Waals surface area contributed by atoms with Crippen molar-refractivity contribution in [1.82, 2.24) is 4.90 Å². The summed E-state index contributed by atoms with van der Waals surface area (Å²) in [4.78, 5) is 15.2. The average molecular weight is 304 g/mol. The van der Waals surface area contributed by atoms with Gasteiger partial charge in [-0.2, -0.15) is 0 Å². The summed E-state index contributed by atoms with van der Waals surface area (Å²) in [6, 6.07) is 10.3. The van der Waals surface area contributed by atoms with Crippen LogP contribution in [0.3, 0.4) is 0 Å². The van der Waals surface area contributed by atoms with E-state index in [1.54, 1.807) is 47.5 Å². The lowest BCUT2D eigenvalue weighted by Gasteiger charge is -2.21. The fraction of sp³-hybridized carbons (Fsp3) is 0.312. The lowest BCUT2D eigenvalue weighted by molar-refractivity contribution is -0.131. The Kier molecular flexibility index (Phi) is 5.36. The van der Waals surface area contributed by atoms with E-state index in [0.29, 0.717) is 13.0 Å². The van der Waals surface area contributed by atoms with Crippen molar-refractivity contribution < 1.29 is 9.90 Å². The molecule has 0 saturated heterocycles. The van der Waals surface area contributed by atoms with Crippen LogP contribution in [-0.4, -0.2) is 35.5 Å². The fourth-order valence-corrected chi connectivity index (χ4v) is 2.80. The third kappa shape index (κ3) is 4.58. The molecule has 0 spiro atoms. The van der Waals surface area contributed by atoms with E-state index in [0.717, 1.165) is 12.0 Å². The average Bonchev–Trinajstić information content (AvgIpc) is 2.99. The number of hydrogen-bond acceptors (Lipinski definition) is 4. The van der Waals surface area contributed by atoms with Gasteiger partial charge < -0.3 is 15.7 Å². The molecule has 1 aromatic heterocycles. The molecule has 5 heteroatoms. The Bertz CT molecular complexity index is 566. The molecule has 1 aromatic carbocycles. The highest BCUT2D eigenvalue weighted by Gasteiger charge is 2.18. The van der Waals surface area contributed by atoms with Gasteiger partial charge in [0.15, 0.2) is 0 Å². The Morgan fingerprint density at radius 3 is 2.67 bits per heavy atom. The van der Waals surface area contributed by atoms with Crippen molar-refractivity contribution in [2.24, 2.45) is 5.73 Å². The quantitative estimate of drug-likeness (QED) is 0.858. The molecule has 3 N–H and O–H groups in total. The van der Waals surface area contributed by atoms with Crippen LogP contribution in [-0.2, 0) is 17.6 Å². The van der Waals surface area contributed by atoms with Crippen molar-refractivity contribution >= 4 is 17.2 Å². The van der Waals surface area contributed by atoms with Gasteiger partial charge in [-0.1, -0.05) is 18.2 Å². The molecule has 0 radical (unpaired) electrons. The van der Waals surface area contributed by atoms with Crippen LogP contribution >= 0.6 is 11.3 Å². The van der Waals surface area contributed by atoms with E-state index in [1.807, 2.05) is 11.4 Å². The van der Waals surface area contributed by atoms with Crippen molar-refractivity contribution in [1.29, 1.82) is 0 Å². The van der Waals surface area contributed by atoms with Crippen LogP contribution in [0.25, 0.3) is 0 Å². The maximum Gasteiger partial charge on any atom is 0.239 e. The van der Waals surface area contributed by atoms with Gasteiger partial charge >= 0.3 is 0 Å². The minimum absolute atomic E-state index is 0.0559. The molecule has 1 heterocycles. The summed E-state index contributed by atoms with van der Waals surface area (Å²) in [6.07, 6.45) is 1.33. The molecule has 0 aliphatic rings. The number of nitrogens with two attached hydrogens (primary N) is 1. The molecule has 112 valence electrons. The van der Waals surface area contributed by atoms with Crippen molar-refractivity contribution in [3.8, 4) is 5.75 Å². The second-order valence-corrected chi connectivity index (χ2v) is 6.10. The van der Waals surface area contributed by atoms with E-state index in [2.05, 4.69) is 6.07 Å². The summed E-state index contributed by atoms with van der Waals surface area (Å²) >= 11 is 1.70. The number of phenolic OH excluding ortho intramolecular Hbond substituents is 1. The van der Waals surface area contributed by atoms with Crippen molar-refractivity contribution in [2.75, 3.05) is 13.6 Å². The van der Waals surface area contributed by atoms with Gasteiger partial charge in [0, 0.05) is 18.5 Å². The second-order valence-electron chi connectivity index (χ2n) is 5.07. The molecule has 4 nitrogen and oxygen atoms in total. The first-order valence-corrected chi connectivity index (χ1v) is 7.75. The highest BCUT2D eigenvalue weighted by atomic mass is 32.1. The highest BCUT2D eigenvalue weighted by molar-refractivity contribution is 7.09. The Morgan fingerprint density at radius 1 is 1.33 bits per heavy atom. The summed E-state index contributed by atoms with van der Waals surface area (Å²) in [5.41, 5.74) is 6.93. The molecule has 0 saturated carbocycles. The number of hydrogen-bond donors (Lipinski definition) is 2. The van der Waals surface area contributed by atoms with Crippen LogP contribution in [0.15, 0.2) is 41.8 Å². The van der Waals surface area contributed by atoms with Gasteiger partial charge in [0.2, 0.25) is 5.91 Å². The lowest BCUT2D eigenvalue weighted by atomic mass is 10.1. The first kappa shape index (κ1) is 15.5. The number of phenols is 1. The Hall–Kier alpha value is -1.85. The van der Waals surface area contributed by atoms with Gasteiger partial charge in [-0.3, -0.25) is 4.79 Å². The Balaban J connectivity index is 1.84. The molecule has 2 aromatic rings. The third-order valence-electron chi connectivity index (χ3n) is 3.36. The lowest BCUT2D eigenvalue weighted by Crippen LogP contribution is -2.43. The van der Waals surface area contributed by atoms with Gasteiger partial charge in [-0.15, -0.1) is 11.3 Å². The predicted molar refractivity (Wildman–Crippen MR) is 85.4 cm³/mol. The van der Waals surface area contributed by atoms with Crippen LogP contribution in [0.5, 0.6) is 5.75 Å².